The summed E-state index contributed by atoms with van der Waals surface area (Å²) in [6, 6.07) is 20.2. The van der Waals surface area contributed by atoms with Crippen molar-refractivity contribution >= 4 is 11.6 Å². The van der Waals surface area contributed by atoms with Crippen LogP contribution in [0.2, 0.25) is 0 Å². The number of aromatic nitrogens is 4. The number of fused-ring (bicyclic) bond motifs is 1. The highest BCUT2D eigenvalue weighted by Gasteiger charge is 2.17. The third kappa shape index (κ3) is 3.59. The van der Waals surface area contributed by atoms with Gasteiger partial charge in [0, 0.05) is 30.4 Å². The molecule has 2 aromatic heterocycles. The van der Waals surface area contributed by atoms with Gasteiger partial charge in [0.25, 0.3) is 5.78 Å². The quantitative estimate of drug-likeness (QED) is 0.561. The summed E-state index contributed by atoms with van der Waals surface area (Å²) in [5.41, 5.74) is 4.14. The number of benzene rings is 2. The van der Waals surface area contributed by atoms with Crippen LogP contribution in [0.1, 0.15) is 16.8 Å². The second kappa shape index (κ2) is 7.78. The third-order valence-electron chi connectivity index (χ3n) is 4.72. The normalized spacial score (nSPS) is 11.1. The zero-order chi connectivity index (χ0) is 19.5. The Morgan fingerprint density at radius 1 is 0.964 bits per heavy atom. The van der Waals surface area contributed by atoms with E-state index in [4.69, 9.17) is 5.10 Å². The highest BCUT2D eigenvalue weighted by Crippen LogP contribution is 2.24. The van der Waals surface area contributed by atoms with E-state index in [1.807, 2.05) is 62.4 Å². The third-order valence-corrected chi connectivity index (χ3v) is 4.72. The molecule has 0 unspecified atom stereocenters. The smallest absolute Gasteiger partial charge is 0.254 e. The molecule has 0 bridgehead atoms. The van der Waals surface area contributed by atoms with Gasteiger partial charge >= 0.3 is 0 Å². The first-order valence-electron chi connectivity index (χ1n) is 9.36. The molecule has 0 saturated heterocycles. The molecule has 0 aliphatic heterocycles. The van der Waals surface area contributed by atoms with Crippen LogP contribution in [0.15, 0.2) is 60.7 Å². The van der Waals surface area contributed by atoms with Gasteiger partial charge in [0.15, 0.2) is 5.82 Å². The lowest BCUT2D eigenvalue weighted by atomic mass is 10.1. The van der Waals surface area contributed by atoms with Crippen LogP contribution >= 0.6 is 0 Å². The molecule has 28 heavy (non-hydrogen) atoms. The van der Waals surface area contributed by atoms with Gasteiger partial charge in [0.05, 0.1) is 6.61 Å². The molecular weight excluding hydrogens is 350 g/mol. The predicted octanol–water partition coefficient (Wildman–Crippen LogP) is 3.41. The Labute approximate surface area is 164 Å². The Hall–Kier alpha value is -3.25. The van der Waals surface area contributed by atoms with Crippen LogP contribution in [0.3, 0.4) is 0 Å². The molecule has 0 saturated carbocycles. The molecule has 0 fully saturated rings. The lowest BCUT2D eigenvalue weighted by molar-refractivity contribution is 0.301. The summed E-state index contributed by atoms with van der Waals surface area (Å²) in [7, 11) is 0. The molecule has 0 spiro atoms. The van der Waals surface area contributed by atoms with Crippen molar-refractivity contribution < 1.29 is 5.11 Å². The van der Waals surface area contributed by atoms with Gasteiger partial charge in [0.1, 0.15) is 5.82 Å². The van der Waals surface area contributed by atoms with Crippen LogP contribution in [0.25, 0.3) is 17.2 Å². The lowest BCUT2D eigenvalue weighted by Crippen LogP contribution is -2.28. The second-order valence-electron chi connectivity index (χ2n) is 6.85. The summed E-state index contributed by atoms with van der Waals surface area (Å²) in [5, 5.41) is 14.4. The van der Waals surface area contributed by atoms with E-state index in [0.29, 0.717) is 24.7 Å². The Morgan fingerprint density at radius 2 is 1.71 bits per heavy atom. The fourth-order valence-corrected chi connectivity index (χ4v) is 3.33. The largest absolute Gasteiger partial charge is 0.395 e. The number of aryl methyl sites for hydroxylation is 2. The van der Waals surface area contributed by atoms with Crippen molar-refractivity contribution in [3.63, 3.8) is 0 Å². The minimum absolute atomic E-state index is 0.0506. The van der Waals surface area contributed by atoms with E-state index in [-0.39, 0.29) is 6.61 Å². The van der Waals surface area contributed by atoms with Crippen molar-refractivity contribution in [2.75, 3.05) is 18.1 Å². The first-order valence-corrected chi connectivity index (χ1v) is 9.36. The molecule has 2 heterocycles. The van der Waals surface area contributed by atoms with Gasteiger partial charge in [-0.25, -0.2) is 4.98 Å². The molecule has 0 aliphatic carbocycles. The van der Waals surface area contributed by atoms with E-state index in [0.717, 1.165) is 28.2 Å². The maximum atomic E-state index is 9.63. The standard InChI is InChI=1S/C22H23N5O/c1-16-8-6-7-11-19(16)21-24-22-23-17(2)14-20(27(22)25-21)26(12-13-28)15-18-9-4-3-5-10-18/h3-11,14,28H,12-13,15H2,1-2H3. The Balaban J connectivity index is 1.81. The zero-order valence-electron chi connectivity index (χ0n) is 16.1. The van der Waals surface area contributed by atoms with Crippen molar-refractivity contribution in [3.8, 4) is 11.4 Å². The van der Waals surface area contributed by atoms with Gasteiger partial charge in [-0.3, -0.25) is 0 Å². The monoisotopic (exact) mass is 373 g/mol. The van der Waals surface area contributed by atoms with Crippen LogP contribution < -0.4 is 4.90 Å². The molecule has 6 heteroatoms. The second-order valence-corrected chi connectivity index (χ2v) is 6.85. The van der Waals surface area contributed by atoms with Gasteiger partial charge < -0.3 is 10.0 Å². The average Bonchev–Trinajstić information content (AvgIpc) is 3.12. The summed E-state index contributed by atoms with van der Waals surface area (Å²) in [4.78, 5) is 11.3. The van der Waals surface area contributed by atoms with Crippen molar-refractivity contribution in [2.24, 2.45) is 0 Å². The lowest BCUT2D eigenvalue weighted by Gasteiger charge is -2.24. The van der Waals surface area contributed by atoms with Gasteiger partial charge in [-0.1, -0.05) is 54.6 Å². The van der Waals surface area contributed by atoms with E-state index in [9.17, 15) is 5.11 Å². The minimum Gasteiger partial charge on any atom is -0.395 e. The molecule has 4 rings (SSSR count). The van der Waals surface area contributed by atoms with Crippen LogP contribution in [-0.4, -0.2) is 37.8 Å². The zero-order valence-corrected chi connectivity index (χ0v) is 16.1. The van der Waals surface area contributed by atoms with Crippen LogP contribution in [0.5, 0.6) is 0 Å². The molecule has 0 atom stereocenters. The number of rotatable bonds is 6. The van der Waals surface area contributed by atoms with E-state index in [1.165, 1.54) is 0 Å². The van der Waals surface area contributed by atoms with Gasteiger partial charge in [-0.15, -0.1) is 5.10 Å². The van der Waals surface area contributed by atoms with Crippen LogP contribution in [-0.2, 0) is 6.54 Å². The van der Waals surface area contributed by atoms with Crippen molar-refractivity contribution in [1.82, 2.24) is 19.6 Å². The van der Waals surface area contributed by atoms with Crippen molar-refractivity contribution in [3.05, 3.63) is 77.5 Å². The molecule has 4 aromatic rings. The summed E-state index contributed by atoms with van der Waals surface area (Å²) in [5.74, 6) is 2.08. The summed E-state index contributed by atoms with van der Waals surface area (Å²) in [6.07, 6.45) is 0. The molecule has 0 radical (unpaired) electrons. The fraction of sp³-hybridized carbons (Fsp3) is 0.227. The van der Waals surface area contributed by atoms with Gasteiger partial charge in [0.2, 0.25) is 0 Å². The fourth-order valence-electron chi connectivity index (χ4n) is 3.33. The first kappa shape index (κ1) is 18.1. The number of nitrogens with zero attached hydrogens (tertiary/aromatic N) is 5. The predicted molar refractivity (Wildman–Crippen MR) is 110 cm³/mol. The summed E-state index contributed by atoms with van der Waals surface area (Å²) >= 11 is 0. The number of aliphatic hydroxyl groups is 1. The van der Waals surface area contributed by atoms with E-state index in [1.54, 1.807) is 4.52 Å². The van der Waals surface area contributed by atoms with Crippen molar-refractivity contribution in [1.29, 1.82) is 0 Å². The number of hydrogen-bond donors (Lipinski definition) is 1. The van der Waals surface area contributed by atoms with E-state index >= 15 is 0 Å². The van der Waals surface area contributed by atoms with Crippen LogP contribution in [0.4, 0.5) is 5.82 Å². The minimum atomic E-state index is 0.0506. The highest BCUT2D eigenvalue weighted by molar-refractivity contribution is 5.62. The summed E-state index contributed by atoms with van der Waals surface area (Å²) in [6.45, 7) is 5.21. The number of aliphatic hydroxyl groups excluding tert-OH is 1. The summed E-state index contributed by atoms with van der Waals surface area (Å²) < 4.78 is 1.77. The van der Waals surface area contributed by atoms with Crippen molar-refractivity contribution in [2.45, 2.75) is 20.4 Å². The van der Waals surface area contributed by atoms with Crippen LogP contribution in [0, 0.1) is 13.8 Å². The van der Waals surface area contributed by atoms with Gasteiger partial charge in [-0.2, -0.15) is 9.50 Å². The molecule has 2 aromatic carbocycles. The maximum absolute atomic E-state index is 9.63. The molecule has 0 aliphatic rings. The molecular formula is C22H23N5O. The number of anilines is 1. The Kier molecular flexibility index (Phi) is 5.04. The molecule has 1 N–H and O–H groups in total. The molecule has 0 amide bonds. The number of hydrogen-bond acceptors (Lipinski definition) is 5. The first-order chi connectivity index (χ1) is 13.7. The Bertz CT molecular complexity index is 1090. The van der Waals surface area contributed by atoms with E-state index in [2.05, 4.69) is 27.0 Å². The maximum Gasteiger partial charge on any atom is 0.254 e. The highest BCUT2D eigenvalue weighted by atomic mass is 16.3. The Morgan fingerprint density at radius 3 is 2.46 bits per heavy atom. The average molecular weight is 373 g/mol. The van der Waals surface area contributed by atoms with Gasteiger partial charge in [-0.05, 0) is 25.0 Å². The molecule has 142 valence electrons. The molecule has 6 nitrogen and oxygen atoms in total. The topological polar surface area (TPSA) is 66.5 Å². The SMILES string of the molecule is Cc1cc(N(CCO)Cc2ccccc2)n2nc(-c3ccccc3C)nc2n1. The van der Waals surface area contributed by atoms with E-state index < -0.39 is 0 Å².